The van der Waals surface area contributed by atoms with Gasteiger partial charge in [0.25, 0.3) is 5.69 Å². The average molecular weight is 266 g/mol. The molecule has 0 bridgehead atoms. The third-order valence-electron chi connectivity index (χ3n) is 3.25. The Kier molecular flexibility index (Phi) is 4.21. The molecule has 1 aliphatic carbocycles. The van der Waals surface area contributed by atoms with E-state index in [-0.39, 0.29) is 5.69 Å². The molecule has 1 aromatic carbocycles. The molecular weight excluding hydrogens is 248 g/mol. The molecule has 2 rings (SSSR count). The molecule has 19 heavy (non-hydrogen) atoms. The number of anilines is 1. The van der Waals surface area contributed by atoms with E-state index >= 15 is 0 Å². The standard InChI is InChI=1S/C13H18N2O4/c1-3-19-11-6-9(7-11)14-12-5-4-10(15(16)17)8-13(12)18-2/h4-5,8-9,11,14H,3,6-7H2,1-2H3. The van der Waals surface area contributed by atoms with Gasteiger partial charge in [-0.05, 0) is 25.8 Å². The zero-order valence-electron chi connectivity index (χ0n) is 11.1. The number of hydrogen-bond donors (Lipinski definition) is 1. The fraction of sp³-hybridized carbons (Fsp3) is 0.538. The number of ether oxygens (including phenoxy) is 2. The summed E-state index contributed by atoms with van der Waals surface area (Å²) in [5.41, 5.74) is 0.816. The summed E-state index contributed by atoms with van der Waals surface area (Å²) in [5, 5.41) is 14.0. The molecule has 1 saturated carbocycles. The minimum Gasteiger partial charge on any atom is -0.494 e. The van der Waals surface area contributed by atoms with Gasteiger partial charge in [-0.25, -0.2) is 0 Å². The second kappa shape index (κ2) is 5.88. The number of nitro groups is 1. The first kappa shape index (κ1) is 13.6. The average Bonchev–Trinajstić information content (AvgIpc) is 2.36. The van der Waals surface area contributed by atoms with Gasteiger partial charge in [-0.15, -0.1) is 0 Å². The molecule has 0 atom stereocenters. The van der Waals surface area contributed by atoms with Crippen molar-refractivity contribution < 1.29 is 14.4 Å². The molecule has 0 radical (unpaired) electrons. The van der Waals surface area contributed by atoms with Gasteiger partial charge in [0.15, 0.2) is 0 Å². The fourth-order valence-electron chi connectivity index (χ4n) is 2.19. The fourth-order valence-corrected chi connectivity index (χ4v) is 2.19. The van der Waals surface area contributed by atoms with Crippen molar-refractivity contribution in [3.63, 3.8) is 0 Å². The van der Waals surface area contributed by atoms with Crippen LogP contribution in [-0.4, -0.2) is 30.8 Å². The Labute approximate surface area is 111 Å². The van der Waals surface area contributed by atoms with Gasteiger partial charge in [0.1, 0.15) is 5.75 Å². The summed E-state index contributed by atoms with van der Waals surface area (Å²) in [6.07, 6.45) is 2.23. The molecular formula is C13H18N2O4. The quantitative estimate of drug-likeness (QED) is 0.632. The molecule has 6 heteroatoms. The van der Waals surface area contributed by atoms with Crippen molar-refractivity contribution in [3.8, 4) is 5.75 Å². The van der Waals surface area contributed by atoms with Crippen LogP contribution in [0.1, 0.15) is 19.8 Å². The molecule has 1 N–H and O–H groups in total. The highest BCUT2D eigenvalue weighted by Crippen LogP contribution is 2.33. The monoisotopic (exact) mass is 266 g/mol. The van der Waals surface area contributed by atoms with Gasteiger partial charge in [0.05, 0.1) is 29.9 Å². The molecule has 1 aromatic rings. The second-order valence-corrected chi connectivity index (χ2v) is 4.53. The van der Waals surface area contributed by atoms with Crippen LogP contribution in [0.2, 0.25) is 0 Å². The van der Waals surface area contributed by atoms with E-state index in [2.05, 4.69) is 5.32 Å². The van der Waals surface area contributed by atoms with Crippen molar-refractivity contribution in [2.24, 2.45) is 0 Å². The molecule has 0 spiro atoms. The predicted molar refractivity (Wildman–Crippen MR) is 71.7 cm³/mol. The SMILES string of the molecule is CCOC1CC(Nc2ccc([N+](=O)[O-])cc2OC)C1. The summed E-state index contributed by atoms with van der Waals surface area (Å²) < 4.78 is 10.7. The Morgan fingerprint density at radius 1 is 1.47 bits per heavy atom. The number of nitrogens with one attached hydrogen (secondary N) is 1. The van der Waals surface area contributed by atoms with Crippen molar-refractivity contribution in [3.05, 3.63) is 28.3 Å². The minimum absolute atomic E-state index is 0.0307. The summed E-state index contributed by atoms with van der Waals surface area (Å²) in [4.78, 5) is 10.3. The van der Waals surface area contributed by atoms with E-state index in [1.807, 2.05) is 6.92 Å². The van der Waals surface area contributed by atoms with Crippen LogP contribution >= 0.6 is 0 Å². The van der Waals surface area contributed by atoms with E-state index in [0.717, 1.165) is 25.1 Å². The molecule has 1 aliphatic rings. The first-order chi connectivity index (χ1) is 9.13. The Balaban J connectivity index is 1.99. The first-order valence-corrected chi connectivity index (χ1v) is 6.34. The van der Waals surface area contributed by atoms with Crippen LogP contribution in [0.4, 0.5) is 11.4 Å². The van der Waals surface area contributed by atoms with Crippen LogP contribution in [0.25, 0.3) is 0 Å². The van der Waals surface area contributed by atoms with E-state index in [4.69, 9.17) is 9.47 Å². The Hall–Kier alpha value is -1.82. The molecule has 104 valence electrons. The maximum atomic E-state index is 10.7. The number of nitro benzene ring substituents is 1. The van der Waals surface area contributed by atoms with Crippen molar-refractivity contribution in [1.29, 1.82) is 0 Å². The normalized spacial score (nSPS) is 21.6. The lowest BCUT2D eigenvalue weighted by Crippen LogP contribution is -2.40. The van der Waals surface area contributed by atoms with Gasteiger partial charge in [-0.2, -0.15) is 0 Å². The number of methoxy groups -OCH3 is 1. The van der Waals surface area contributed by atoms with E-state index in [9.17, 15) is 10.1 Å². The molecule has 0 amide bonds. The third-order valence-corrected chi connectivity index (χ3v) is 3.25. The Morgan fingerprint density at radius 2 is 2.21 bits per heavy atom. The number of nitrogens with zero attached hydrogens (tertiary/aromatic N) is 1. The predicted octanol–water partition coefficient (Wildman–Crippen LogP) is 2.58. The lowest BCUT2D eigenvalue weighted by Gasteiger charge is -2.36. The lowest BCUT2D eigenvalue weighted by molar-refractivity contribution is -0.384. The molecule has 6 nitrogen and oxygen atoms in total. The zero-order chi connectivity index (χ0) is 13.8. The number of rotatable bonds is 6. The van der Waals surface area contributed by atoms with Crippen LogP contribution in [0.5, 0.6) is 5.75 Å². The van der Waals surface area contributed by atoms with Crippen LogP contribution < -0.4 is 10.1 Å². The maximum absolute atomic E-state index is 10.7. The van der Waals surface area contributed by atoms with E-state index in [1.165, 1.54) is 19.2 Å². The van der Waals surface area contributed by atoms with Crippen molar-refractivity contribution in [1.82, 2.24) is 0 Å². The van der Waals surface area contributed by atoms with Gasteiger partial charge in [0.2, 0.25) is 0 Å². The Morgan fingerprint density at radius 3 is 2.79 bits per heavy atom. The highest BCUT2D eigenvalue weighted by molar-refractivity contribution is 5.61. The van der Waals surface area contributed by atoms with E-state index in [0.29, 0.717) is 17.9 Å². The molecule has 0 aliphatic heterocycles. The molecule has 1 fully saturated rings. The van der Waals surface area contributed by atoms with Gasteiger partial charge >= 0.3 is 0 Å². The summed E-state index contributed by atoms with van der Waals surface area (Å²) >= 11 is 0. The number of non-ortho nitro benzene ring substituents is 1. The van der Waals surface area contributed by atoms with Crippen LogP contribution in [0, 0.1) is 10.1 Å². The minimum atomic E-state index is -0.430. The highest BCUT2D eigenvalue weighted by Gasteiger charge is 2.30. The highest BCUT2D eigenvalue weighted by atomic mass is 16.6. The Bertz CT molecular complexity index is 458. The third kappa shape index (κ3) is 3.14. The second-order valence-electron chi connectivity index (χ2n) is 4.53. The van der Waals surface area contributed by atoms with Gasteiger partial charge in [-0.1, -0.05) is 0 Å². The summed E-state index contributed by atoms with van der Waals surface area (Å²) in [5.74, 6) is 0.494. The summed E-state index contributed by atoms with van der Waals surface area (Å²) in [6, 6.07) is 4.93. The topological polar surface area (TPSA) is 73.6 Å². The van der Waals surface area contributed by atoms with Crippen LogP contribution in [0.3, 0.4) is 0 Å². The first-order valence-electron chi connectivity index (χ1n) is 6.34. The van der Waals surface area contributed by atoms with Crippen LogP contribution in [0.15, 0.2) is 18.2 Å². The maximum Gasteiger partial charge on any atom is 0.273 e. The molecule has 0 saturated heterocycles. The van der Waals surface area contributed by atoms with E-state index in [1.54, 1.807) is 6.07 Å². The largest absolute Gasteiger partial charge is 0.494 e. The van der Waals surface area contributed by atoms with Crippen LogP contribution in [-0.2, 0) is 4.74 Å². The van der Waals surface area contributed by atoms with Gasteiger partial charge in [-0.3, -0.25) is 10.1 Å². The van der Waals surface area contributed by atoms with Crippen molar-refractivity contribution >= 4 is 11.4 Å². The molecule has 0 aromatic heterocycles. The van der Waals surface area contributed by atoms with Crippen molar-refractivity contribution in [2.75, 3.05) is 19.0 Å². The van der Waals surface area contributed by atoms with Crippen molar-refractivity contribution in [2.45, 2.75) is 31.9 Å². The van der Waals surface area contributed by atoms with E-state index < -0.39 is 4.92 Å². The smallest absolute Gasteiger partial charge is 0.273 e. The van der Waals surface area contributed by atoms with Gasteiger partial charge < -0.3 is 14.8 Å². The number of hydrogen-bond acceptors (Lipinski definition) is 5. The molecule has 0 heterocycles. The lowest BCUT2D eigenvalue weighted by atomic mass is 9.89. The van der Waals surface area contributed by atoms with Gasteiger partial charge in [0, 0.05) is 18.7 Å². The molecule has 0 unspecified atom stereocenters. The zero-order valence-corrected chi connectivity index (χ0v) is 11.1. The number of benzene rings is 1. The summed E-state index contributed by atoms with van der Waals surface area (Å²) in [6.45, 7) is 2.72. The summed E-state index contributed by atoms with van der Waals surface area (Å²) in [7, 11) is 1.51.